The van der Waals surface area contributed by atoms with E-state index in [0.717, 1.165) is 17.1 Å². The summed E-state index contributed by atoms with van der Waals surface area (Å²) in [6.07, 6.45) is 0.871. The van der Waals surface area contributed by atoms with Gasteiger partial charge in [-0.1, -0.05) is 6.92 Å². The predicted molar refractivity (Wildman–Crippen MR) is 57.6 cm³/mol. The van der Waals surface area contributed by atoms with Gasteiger partial charge in [-0.3, -0.25) is 4.79 Å². The summed E-state index contributed by atoms with van der Waals surface area (Å²) in [6, 6.07) is 0. The molecule has 14 heavy (non-hydrogen) atoms. The maximum atomic E-state index is 11.6. The van der Waals surface area contributed by atoms with E-state index in [-0.39, 0.29) is 5.91 Å². The van der Waals surface area contributed by atoms with Gasteiger partial charge in [0.1, 0.15) is 4.88 Å². The number of hydrogen-bond acceptors (Lipinski definition) is 4. The summed E-state index contributed by atoms with van der Waals surface area (Å²) < 4.78 is 0. The van der Waals surface area contributed by atoms with Crippen molar-refractivity contribution in [2.45, 2.75) is 20.3 Å². The van der Waals surface area contributed by atoms with E-state index in [4.69, 9.17) is 5.73 Å². The molecular formula is C9H15N3OS. The molecule has 78 valence electrons. The Morgan fingerprint density at radius 1 is 1.64 bits per heavy atom. The van der Waals surface area contributed by atoms with Crippen LogP contribution >= 0.6 is 11.3 Å². The predicted octanol–water partition coefficient (Wildman–Crippen LogP) is 0.702. The Morgan fingerprint density at radius 2 is 2.36 bits per heavy atom. The summed E-state index contributed by atoms with van der Waals surface area (Å²) in [7, 11) is 0. The van der Waals surface area contributed by atoms with Crippen molar-refractivity contribution < 1.29 is 4.79 Å². The van der Waals surface area contributed by atoms with Gasteiger partial charge in [-0.2, -0.15) is 0 Å². The van der Waals surface area contributed by atoms with E-state index in [1.165, 1.54) is 11.3 Å². The maximum Gasteiger partial charge on any atom is 0.263 e. The Balaban J connectivity index is 2.73. The van der Waals surface area contributed by atoms with E-state index in [2.05, 4.69) is 10.3 Å². The van der Waals surface area contributed by atoms with Gasteiger partial charge in [-0.05, 0) is 13.3 Å². The molecule has 1 amide bonds. The minimum atomic E-state index is -0.0647. The van der Waals surface area contributed by atoms with E-state index in [9.17, 15) is 4.79 Å². The summed E-state index contributed by atoms with van der Waals surface area (Å²) in [6.45, 7) is 4.86. The first-order valence-corrected chi connectivity index (χ1v) is 5.45. The molecule has 1 heterocycles. The highest BCUT2D eigenvalue weighted by molar-refractivity contribution is 7.13. The van der Waals surface area contributed by atoms with Crippen molar-refractivity contribution in [2.24, 2.45) is 5.73 Å². The van der Waals surface area contributed by atoms with Crippen LogP contribution in [0.15, 0.2) is 0 Å². The first-order chi connectivity index (χ1) is 6.69. The monoisotopic (exact) mass is 213 g/mol. The minimum absolute atomic E-state index is 0.0647. The van der Waals surface area contributed by atoms with Crippen LogP contribution < -0.4 is 11.1 Å². The lowest BCUT2D eigenvalue weighted by Crippen LogP contribution is -2.28. The van der Waals surface area contributed by atoms with Crippen LogP contribution in [0.25, 0.3) is 0 Å². The molecule has 0 atom stereocenters. The van der Waals surface area contributed by atoms with Gasteiger partial charge in [0.2, 0.25) is 0 Å². The third kappa shape index (κ3) is 2.52. The van der Waals surface area contributed by atoms with Crippen molar-refractivity contribution in [3.63, 3.8) is 0 Å². The number of carbonyl (C=O) groups is 1. The Morgan fingerprint density at radius 3 is 2.86 bits per heavy atom. The maximum absolute atomic E-state index is 11.6. The van der Waals surface area contributed by atoms with Crippen LogP contribution in [0.3, 0.4) is 0 Å². The number of thiazole rings is 1. The summed E-state index contributed by atoms with van der Waals surface area (Å²) in [5.74, 6) is -0.0647. The van der Waals surface area contributed by atoms with E-state index < -0.39 is 0 Å². The zero-order valence-corrected chi connectivity index (χ0v) is 9.28. The second-order valence-corrected chi connectivity index (χ2v) is 4.00. The zero-order chi connectivity index (χ0) is 10.6. The van der Waals surface area contributed by atoms with Crippen molar-refractivity contribution >= 4 is 17.2 Å². The van der Waals surface area contributed by atoms with Gasteiger partial charge in [-0.25, -0.2) is 4.98 Å². The molecule has 0 aliphatic carbocycles. The largest absolute Gasteiger partial charge is 0.350 e. The highest BCUT2D eigenvalue weighted by Crippen LogP contribution is 2.17. The molecule has 1 aromatic rings. The third-order valence-electron chi connectivity index (χ3n) is 1.78. The third-order valence-corrected chi connectivity index (χ3v) is 3.08. The van der Waals surface area contributed by atoms with Crippen molar-refractivity contribution in [3.8, 4) is 0 Å². The topological polar surface area (TPSA) is 68.0 Å². The fourth-order valence-corrected chi connectivity index (χ4v) is 2.00. The molecule has 0 saturated heterocycles. The van der Waals surface area contributed by atoms with Crippen molar-refractivity contribution in [1.29, 1.82) is 0 Å². The number of carbonyl (C=O) groups excluding carboxylic acids is 1. The number of rotatable bonds is 4. The second kappa shape index (κ2) is 5.07. The van der Waals surface area contributed by atoms with E-state index in [0.29, 0.717) is 18.0 Å². The molecule has 1 aromatic heterocycles. The van der Waals surface area contributed by atoms with Crippen LogP contribution in [-0.2, 0) is 6.42 Å². The molecule has 0 fully saturated rings. The van der Waals surface area contributed by atoms with Crippen molar-refractivity contribution in [1.82, 2.24) is 10.3 Å². The molecule has 0 aromatic carbocycles. The standard InChI is InChI=1S/C9H15N3OS/c1-3-7-12-6(2)8(14-7)9(13)11-5-4-10/h3-5,10H2,1-2H3,(H,11,13). The molecule has 0 radical (unpaired) electrons. The highest BCUT2D eigenvalue weighted by Gasteiger charge is 2.13. The molecule has 4 nitrogen and oxygen atoms in total. The van der Waals surface area contributed by atoms with Crippen molar-refractivity contribution in [3.05, 3.63) is 15.6 Å². The Bertz CT molecular complexity index is 322. The lowest BCUT2D eigenvalue weighted by Gasteiger charge is -2.00. The van der Waals surface area contributed by atoms with Gasteiger partial charge < -0.3 is 11.1 Å². The first-order valence-electron chi connectivity index (χ1n) is 4.63. The highest BCUT2D eigenvalue weighted by atomic mass is 32.1. The smallest absolute Gasteiger partial charge is 0.263 e. The molecule has 0 aliphatic heterocycles. The van der Waals surface area contributed by atoms with Gasteiger partial charge in [0.05, 0.1) is 10.7 Å². The Labute approximate surface area is 87.5 Å². The molecule has 0 aliphatic rings. The van der Waals surface area contributed by atoms with Gasteiger partial charge in [0.15, 0.2) is 0 Å². The summed E-state index contributed by atoms with van der Waals surface area (Å²) in [5.41, 5.74) is 6.10. The van der Waals surface area contributed by atoms with Crippen molar-refractivity contribution in [2.75, 3.05) is 13.1 Å². The molecule has 0 spiro atoms. The number of nitrogens with two attached hydrogens (primary N) is 1. The normalized spacial score (nSPS) is 10.2. The molecule has 0 unspecified atom stereocenters. The quantitative estimate of drug-likeness (QED) is 0.773. The zero-order valence-electron chi connectivity index (χ0n) is 8.46. The number of aryl methyl sites for hydroxylation is 2. The fraction of sp³-hybridized carbons (Fsp3) is 0.556. The lowest BCUT2D eigenvalue weighted by molar-refractivity contribution is 0.0958. The number of amides is 1. The van der Waals surface area contributed by atoms with Crippen LogP contribution in [-0.4, -0.2) is 24.0 Å². The van der Waals surface area contributed by atoms with Gasteiger partial charge in [-0.15, -0.1) is 11.3 Å². The van der Waals surface area contributed by atoms with Crippen LogP contribution in [0, 0.1) is 6.92 Å². The number of nitrogens with one attached hydrogen (secondary N) is 1. The molecule has 3 N–H and O–H groups in total. The molecule has 0 bridgehead atoms. The van der Waals surface area contributed by atoms with E-state index in [1.54, 1.807) is 0 Å². The SMILES string of the molecule is CCc1nc(C)c(C(=O)NCCN)s1. The second-order valence-electron chi connectivity index (χ2n) is 2.92. The van der Waals surface area contributed by atoms with Gasteiger partial charge in [0.25, 0.3) is 5.91 Å². The molecule has 5 heteroatoms. The van der Waals surface area contributed by atoms with Crippen LogP contribution in [0.2, 0.25) is 0 Å². The molecule has 0 saturated carbocycles. The number of nitrogens with zero attached hydrogens (tertiary/aromatic N) is 1. The molecular weight excluding hydrogens is 198 g/mol. The van der Waals surface area contributed by atoms with E-state index >= 15 is 0 Å². The summed E-state index contributed by atoms with van der Waals surface area (Å²) in [4.78, 5) is 16.5. The Kier molecular flexibility index (Phi) is 4.03. The van der Waals surface area contributed by atoms with Gasteiger partial charge in [0, 0.05) is 13.1 Å². The van der Waals surface area contributed by atoms with Crippen LogP contribution in [0.4, 0.5) is 0 Å². The van der Waals surface area contributed by atoms with Gasteiger partial charge >= 0.3 is 0 Å². The average Bonchev–Trinajstić information content (AvgIpc) is 2.56. The number of aromatic nitrogens is 1. The number of hydrogen-bond donors (Lipinski definition) is 2. The summed E-state index contributed by atoms with van der Waals surface area (Å²) in [5, 5.41) is 3.73. The van der Waals surface area contributed by atoms with Crippen LogP contribution in [0.5, 0.6) is 0 Å². The fourth-order valence-electron chi connectivity index (χ4n) is 1.08. The molecule has 1 rings (SSSR count). The minimum Gasteiger partial charge on any atom is -0.350 e. The lowest BCUT2D eigenvalue weighted by atomic mass is 10.3. The van der Waals surface area contributed by atoms with E-state index in [1.807, 2.05) is 13.8 Å². The average molecular weight is 213 g/mol. The summed E-state index contributed by atoms with van der Waals surface area (Å²) >= 11 is 1.45. The first kappa shape index (κ1) is 11.1. The van der Waals surface area contributed by atoms with Crippen LogP contribution in [0.1, 0.15) is 27.3 Å². The Hall–Kier alpha value is -0.940.